The number of hydrogen-bond donors (Lipinski definition) is 1. The molecule has 0 saturated carbocycles. The van der Waals surface area contributed by atoms with Gasteiger partial charge in [0.1, 0.15) is 17.7 Å². The zero-order valence-electron chi connectivity index (χ0n) is 13.5. The lowest BCUT2D eigenvalue weighted by atomic mass is 10.1. The number of rotatable bonds is 3. The second-order valence-corrected chi connectivity index (χ2v) is 5.93. The van der Waals surface area contributed by atoms with Gasteiger partial charge in [0.2, 0.25) is 5.91 Å². The average molecular weight is 340 g/mol. The lowest BCUT2D eigenvalue weighted by molar-refractivity contribution is -0.130. The lowest BCUT2D eigenvalue weighted by Gasteiger charge is -2.35. The first-order valence-corrected chi connectivity index (χ1v) is 8.12. The number of H-pyrrole nitrogens is 1. The molecule has 0 atom stereocenters. The molecular weight excluding hydrogens is 323 g/mol. The van der Waals surface area contributed by atoms with Crippen LogP contribution in [0.3, 0.4) is 0 Å². The van der Waals surface area contributed by atoms with Crippen molar-refractivity contribution in [2.75, 3.05) is 31.1 Å². The Balaban J connectivity index is 1.42. The van der Waals surface area contributed by atoms with Crippen molar-refractivity contribution in [3.8, 4) is 0 Å². The number of carbonyl (C=O) groups is 1. The van der Waals surface area contributed by atoms with Crippen molar-refractivity contribution < 1.29 is 9.18 Å². The summed E-state index contributed by atoms with van der Waals surface area (Å²) in [5, 5.41) is 0. The smallest absolute Gasteiger partial charge is 0.227 e. The molecule has 1 aromatic carbocycles. The van der Waals surface area contributed by atoms with E-state index in [1.54, 1.807) is 29.4 Å². The van der Waals surface area contributed by atoms with Crippen LogP contribution < -0.4 is 4.90 Å². The number of benzene rings is 1. The molecule has 1 fully saturated rings. The number of nitrogens with one attached hydrogen (secondary N) is 1. The first kappa shape index (κ1) is 15.5. The standard InChI is InChI=1S/C17H17FN6O/c18-13-4-2-1-3-12(13)9-14(25)23-5-7-24(8-6-23)17-15-16(20-10-19-15)21-11-22-17/h1-4,10-11H,5-9H2,(H,19,20,21,22). The fraction of sp³-hybridized carbons (Fsp3) is 0.294. The highest BCUT2D eigenvalue weighted by atomic mass is 19.1. The van der Waals surface area contributed by atoms with Crippen LogP contribution in [0.4, 0.5) is 10.2 Å². The molecule has 1 aliphatic rings. The van der Waals surface area contributed by atoms with Crippen LogP contribution in [-0.2, 0) is 11.2 Å². The van der Waals surface area contributed by atoms with Crippen LogP contribution in [0.15, 0.2) is 36.9 Å². The monoisotopic (exact) mass is 340 g/mol. The third kappa shape index (κ3) is 3.02. The molecule has 3 heterocycles. The fourth-order valence-electron chi connectivity index (χ4n) is 3.08. The topological polar surface area (TPSA) is 78.0 Å². The largest absolute Gasteiger partial charge is 0.351 e. The van der Waals surface area contributed by atoms with E-state index in [4.69, 9.17) is 0 Å². The van der Waals surface area contributed by atoms with Crippen molar-refractivity contribution in [3.05, 3.63) is 48.3 Å². The van der Waals surface area contributed by atoms with E-state index in [0.717, 1.165) is 11.3 Å². The molecule has 0 radical (unpaired) electrons. The minimum absolute atomic E-state index is 0.0564. The van der Waals surface area contributed by atoms with Crippen LogP contribution in [0.5, 0.6) is 0 Å². The molecule has 0 bridgehead atoms. The van der Waals surface area contributed by atoms with Crippen LogP contribution >= 0.6 is 0 Å². The number of piperazine rings is 1. The Morgan fingerprint density at radius 2 is 1.92 bits per heavy atom. The van der Waals surface area contributed by atoms with E-state index in [1.165, 1.54) is 12.4 Å². The van der Waals surface area contributed by atoms with Crippen molar-refractivity contribution in [1.82, 2.24) is 24.8 Å². The summed E-state index contributed by atoms with van der Waals surface area (Å²) in [6.07, 6.45) is 3.18. The molecule has 1 N–H and O–H groups in total. The predicted molar refractivity (Wildman–Crippen MR) is 90.6 cm³/mol. The van der Waals surface area contributed by atoms with Crippen LogP contribution in [0.1, 0.15) is 5.56 Å². The van der Waals surface area contributed by atoms with Gasteiger partial charge in [0.15, 0.2) is 11.5 Å². The number of nitrogens with zero attached hydrogens (tertiary/aromatic N) is 5. The number of anilines is 1. The summed E-state index contributed by atoms with van der Waals surface area (Å²) in [6.45, 7) is 2.47. The molecule has 2 aromatic heterocycles. The highest BCUT2D eigenvalue weighted by Crippen LogP contribution is 2.21. The Bertz CT molecular complexity index is 903. The summed E-state index contributed by atoms with van der Waals surface area (Å²) in [5.74, 6) is 0.403. The molecule has 7 nitrogen and oxygen atoms in total. The minimum Gasteiger partial charge on any atom is -0.351 e. The van der Waals surface area contributed by atoms with Crippen LogP contribution in [0.2, 0.25) is 0 Å². The third-order valence-electron chi connectivity index (χ3n) is 4.43. The quantitative estimate of drug-likeness (QED) is 0.779. The Morgan fingerprint density at radius 1 is 1.12 bits per heavy atom. The van der Waals surface area contributed by atoms with E-state index in [2.05, 4.69) is 24.8 Å². The second-order valence-electron chi connectivity index (χ2n) is 5.93. The van der Waals surface area contributed by atoms with Crippen molar-refractivity contribution in [2.45, 2.75) is 6.42 Å². The average Bonchev–Trinajstić information content (AvgIpc) is 3.12. The maximum Gasteiger partial charge on any atom is 0.227 e. The van der Waals surface area contributed by atoms with Gasteiger partial charge in [-0.2, -0.15) is 0 Å². The van der Waals surface area contributed by atoms with Crippen LogP contribution in [0, 0.1) is 5.82 Å². The van der Waals surface area contributed by atoms with Gasteiger partial charge in [-0.05, 0) is 11.6 Å². The number of aromatic nitrogens is 4. The molecule has 1 amide bonds. The Labute approximate surface area is 143 Å². The van der Waals surface area contributed by atoms with Gasteiger partial charge in [-0.3, -0.25) is 4.79 Å². The van der Waals surface area contributed by atoms with Crippen molar-refractivity contribution >= 4 is 22.9 Å². The molecule has 25 heavy (non-hydrogen) atoms. The number of halogens is 1. The summed E-state index contributed by atoms with van der Waals surface area (Å²) in [5.41, 5.74) is 1.86. The van der Waals surface area contributed by atoms with E-state index in [0.29, 0.717) is 37.4 Å². The van der Waals surface area contributed by atoms with E-state index in [-0.39, 0.29) is 18.1 Å². The summed E-state index contributed by atoms with van der Waals surface area (Å²) < 4.78 is 13.7. The van der Waals surface area contributed by atoms with Gasteiger partial charge in [-0.15, -0.1) is 0 Å². The van der Waals surface area contributed by atoms with Gasteiger partial charge in [-0.1, -0.05) is 18.2 Å². The molecule has 0 aliphatic carbocycles. The molecule has 1 aliphatic heterocycles. The number of hydrogen-bond acceptors (Lipinski definition) is 5. The van der Waals surface area contributed by atoms with E-state index >= 15 is 0 Å². The molecule has 3 aromatic rings. The normalized spacial score (nSPS) is 14.9. The second kappa shape index (κ2) is 6.46. The number of amides is 1. The van der Waals surface area contributed by atoms with Gasteiger partial charge in [0.05, 0.1) is 12.7 Å². The molecule has 0 unspecified atom stereocenters. The highest BCUT2D eigenvalue weighted by Gasteiger charge is 2.24. The maximum atomic E-state index is 13.7. The predicted octanol–water partition coefficient (Wildman–Crippen LogP) is 1.38. The summed E-state index contributed by atoms with van der Waals surface area (Å²) >= 11 is 0. The fourth-order valence-corrected chi connectivity index (χ4v) is 3.08. The summed E-state index contributed by atoms with van der Waals surface area (Å²) in [7, 11) is 0. The van der Waals surface area contributed by atoms with Gasteiger partial charge < -0.3 is 14.8 Å². The van der Waals surface area contributed by atoms with E-state index in [1.807, 2.05) is 0 Å². The highest BCUT2D eigenvalue weighted by molar-refractivity contribution is 5.83. The van der Waals surface area contributed by atoms with Gasteiger partial charge in [0, 0.05) is 26.2 Å². The van der Waals surface area contributed by atoms with Gasteiger partial charge in [-0.25, -0.2) is 19.3 Å². The number of fused-ring (bicyclic) bond motifs is 1. The molecule has 4 rings (SSSR count). The zero-order chi connectivity index (χ0) is 17.2. The zero-order valence-corrected chi connectivity index (χ0v) is 13.5. The first-order valence-electron chi connectivity index (χ1n) is 8.12. The van der Waals surface area contributed by atoms with Crippen molar-refractivity contribution in [3.63, 3.8) is 0 Å². The summed E-state index contributed by atoms with van der Waals surface area (Å²) in [6, 6.07) is 6.40. The van der Waals surface area contributed by atoms with Gasteiger partial charge >= 0.3 is 0 Å². The molecule has 128 valence electrons. The SMILES string of the molecule is O=C(Cc1ccccc1F)N1CCN(c2ncnc3nc[nH]c23)CC1. The van der Waals surface area contributed by atoms with Gasteiger partial charge in [0.25, 0.3) is 0 Å². The number of imidazole rings is 1. The maximum absolute atomic E-state index is 13.7. The summed E-state index contributed by atoms with van der Waals surface area (Å²) in [4.78, 5) is 32.0. The van der Waals surface area contributed by atoms with Crippen molar-refractivity contribution in [2.24, 2.45) is 0 Å². The van der Waals surface area contributed by atoms with Crippen LogP contribution in [0.25, 0.3) is 11.2 Å². The molecule has 1 saturated heterocycles. The molecular formula is C17H17FN6O. The van der Waals surface area contributed by atoms with Crippen molar-refractivity contribution in [1.29, 1.82) is 0 Å². The Kier molecular flexibility index (Phi) is 4.01. The molecule has 0 spiro atoms. The Hall–Kier alpha value is -3.03. The number of carbonyl (C=O) groups excluding carboxylic acids is 1. The molecule has 8 heteroatoms. The van der Waals surface area contributed by atoms with E-state index in [9.17, 15) is 9.18 Å². The third-order valence-corrected chi connectivity index (χ3v) is 4.43. The first-order chi connectivity index (χ1) is 12.2. The lowest BCUT2D eigenvalue weighted by Crippen LogP contribution is -2.49. The van der Waals surface area contributed by atoms with Crippen LogP contribution in [-0.4, -0.2) is 56.9 Å². The Morgan fingerprint density at radius 3 is 2.72 bits per heavy atom. The minimum atomic E-state index is -0.336. The number of aromatic amines is 1. The van der Waals surface area contributed by atoms with E-state index < -0.39 is 0 Å².